The number of aromatic hydroxyl groups is 1. The molecule has 1 N–H and O–H groups in total. The fraction of sp³-hybridized carbons (Fsp3) is 0.478. The Balaban J connectivity index is 2.16. The molecular formula is C23H31NO4. The van der Waals surface area contributed by atoms with E-state index in [4.69, 9.17) is 4.74 Å². The second-order valence-electron chi connectivity index (χ2n) is 9.22. The molecule has 2 aromatic rings. The quantitative estimate of drug-likeness (QED) is 0.381. The fourth-order valence-corrected chi connectivity index (χ4v) is 3.17. The van der Waals surface area contributed by atoms with Gasteiger partial charge < -0.3 is 9.84 Å². The molecule has 0 unspecified atom stereocenters. The summed E-state index contributed by atoms with van der Waals surface area (Å²) in [6, 6.07) is 10.6. The van der Waals surface area contributed by atoms with E-state index in [9.17, 15) is 15.2 Å². The van der Waals surface area contributed by atoms with Crippen LogP contribution in [0.3, 0.4) is 0 Å². The van der Waals surface area contributed by atoms with E-state index in [1.165, 1.54) is 6.07 Å². The van der Waals surface area contributed by atoms with Crippen LogP contribution in [0.2, 0.25) is 0 Å². The summed E-state index contributed by atoms with van der Waals surface area (Å²) >= 11 is 0. The molecule has 0 radical (unpaired) electrons. The number of para-hydroxylation sites is 2. The molecule has 0 saturated carbocycles. The molecule has 5 heteroatoms. The number of hydrogen-bond acceptors (Lipinski definition) is 4. The number of nitro benzene ring substituents is 1. The zero-order valence-corrected chi connectivity index (χ0v) is 17.7. The van der Waals surface area contributed by atoms with Crippen molar-refractivity contribution >= 4 is 5.69 Å². The van der Waals surface area contributed by atoms with E-state index >= 15 is 0 Å². The maximum Gasteiger partial charge on any atom is 0.310 e. The Morgan fingerprint density at radius 1 is 1.00 bits per heavy atom. The molecule has 2 rings (SSSR count). The summed E-state index contributed by atoms with van der Waals surface area (Å²) in [4.78, 5) is 10.6. The number of nitro groups is 1. The first-order chi connectivity index (χ1) is 12.9. The van der Waals surface area contributed by atoms with Gasteiger partial charge in [-0.15, -0.1) is 0 Å². The minimum absolute atomic E-state index is 0.0165. The third-order valence-corrected chi connectivity index (χ3v) is 4.72. The first kappa shape index (κ1) is 21.7. The van der Waals surface area contributed by atoms with Gasteiger partial charge in [-0.1, -0.05) is 65.8 Å². The first-order valence-electron chi connectivity index (χ1n) is 9.64. The normalized spacial score (nSPS) is 12.1. The maximum atomic E-state index is 11.1. The number of phenolic OH excluding ortho intramolecular Hbond substituents is 1. The highest BCUT2D eigenvalue weighted by Gasteiger charge is 2.26. The summed E-state index contributed by atoms with van der Waals surface area (Å²) in [7, 11) is 0. The van der Waals surface area contributed by atoms with Gasteiger partial charge in [0.25, 0.3) is 0 Å². The topological polar surface area (TPSA) is 72.6 Å². The van der Waals surface area contributed by atoms with Crippen LogP contribution in [0.25, 0.3) is 0 Å². The van der Waals surface area contributed by atoms with Gasteiger partial charge in [0.2, 0.25) is 0 Å². The molecule has 0 spiro atoms. The molecule has 0 bridgehead atoms. The van der Waals surface area contributed by atoms with Gasteiger partial charge in [0.05, 0.1) is 11.5 Å². The van der Waals surface area contributed by atoms with Crippen molar-refractivity contribution in [3.63, 3.8) is 0 Å². The SMILES string of the molecule is CC(C)(C)c1cc(CCCOc2ccccc2[N+](=O)[O-])cc(C(C)(C)C)c1O. The first-order valence-corrected chi connectivity index (χ1v) is 9.64. The number of nitrogens with zero attached hydrogens (tertiary/aromatic N) is 1. The van der Waals surface area contributed by atoms with E-state index in [1.54, 1.807) is 18.2 Å². The number of benzene rings is 2. The lowest BCUT2D eigenvalue weighted by molar-refractivity contribution is -0.385. The summed E-state index contributed by atoms with van der Waals surface area (Å²) in [6.07, 6.45) is 1.50. The summed E-state index contributed by atoms with van der Waals surface area (Å²) in [5.74, 6) is 0.670. The third kappa shape index (κ3) is 5.24. The number of phenols is 1. The van der Waals surface area contributed by atoms with Crippen molar-refractivity contribution in [3.05, 3.63) is 63.2 Å². The van der Waals surface area contributed by atoms with Crippen LogP contribution in [0, 0.1) is 10.1 Å². The molecule has 0 amide bonds. The van der Waals surface area contributed by atoms with Gasteiger partial charge in [-0.3, -0.25) is 10.1 Å². The molecule has 0 heterocycles. The van der Waals surface area contributed by atoms with Gasteiger partial charge >= 0.3 is 5.69 Å². The van der Waals surface area contributed by atoms with Crippen LogP contribution < -0.4 is 4.74 Å². The Morgan fingerprint density at radius 2 is 1.54 bits per heavy atom. The molecule has 0 fully saturated rings. The number of ether oxygens (including phenoxy) is 1. The Kier molecular flexibility index (Phi) is 6.37. The van der Waals surface area contributed by atoms with Crippen LogP contribution >= 0.6 is 0 Å². The van der Waals surface area contributed by atoms with E-state index in [2.05, 4.69) is 53.7 Å². The highest BCUT2D eigenvalue weighted by Crippen LogP contribution is 2.40. The summed E-state index contributed by atoms with van der Waals surface area (Å²) in [6.45, 7) is 12.9. The lowest BCUT2D eigenvalue weighted by atomic mass is 9.78. The number of hydrogen-bond donors (Lipinski definition) is 1. The van der Waals surface area contributed by atoms with Gasteiger partial charge in [0.1, 0.15) is 5.75 Å². The minimum atomic E-state index is -0.430. The standard InChI is InChI=1S/C23H31NO4/c1-22(2,3)17-14-16(15-18(21(17)25)23(4,5)6)10-9-13-28-20-12-8-7-11-19(20)24(26)27/h7-8,11-12,14-15,25H,9-10,13H2,1-6H3. The molecule has 0 atom stereocenters. The van der Waals surface area contributed by atoms with E-state index in [0.717, 1.165) is 29.5 Å². The van der Waals surface area contributed by atoms with Crippen LogP contribution in [0.4, 0.5) is 5.69 Å². The molecule has 2 aromatic carbocycles. The predicted molar refractivity (Wildman–Crippen MR) is 112 cm³/mol. The zero-order valence-electron chi connectivity index (χ0n) is 17.7. The van der Waals surface area contributed by atoms with Crippen LogP contribution in [0.15, 0.2) is 36.4 Å². The summed E-state index contributed by atoms with van der Waals surface area (Å²) in [5, 5.41) is 21.9. The molecule has 0 aliphatic heterocycles. The van der Waals surface area contributed by atoms with Gasteiger partial charge in [0.15, 0.2) is 5.75 Å². The average Bonchev–Trinajstić information content (AvgIpc) is 2.58. The van der Waals surface area contributed by atoms with E-state index in [-0.39, 0.29) is 16.5 Å². The lowest BCUT2D eigenvalue weighted by Gasteiger charge is -2.28. The van der Waals surface area contributed by atoms with Gasteiger partial charge in [-0.05, 0) is 46.4 Å². The van der Waals surface area contributed by atoms with Gasteiger partial charge in [-0.25, -0.2) is 0 Å². The highest BCUT2D eigenvalue weighted by molar-refractivity contribution is 5.50. The van der Waals surface area contributed by atoms with Crippen molar-refractivity contribution in [3.8, 4) is 11.5 Å². The molecule has 5 nitrogen and oxygen atoms in total. The van der Waals surface area contributed by atoms with Crippen molar-refractivity contribution in [1.29, 1.82) is 0 Å². The van der Waals surface area contributed by atoms with Crippen molar-refractivity contribution in [2.75, 3.05) is 6.61 Å². The fourth-order valence-electron chi connectivity index (χ4n) is 3.17. The van der Waals surface area contributed by atoms with Gasteiger partial charge in [-0.2, -0.15) is 0 Å². The monoisotopic (exact) mass is 385 g/mol. The Labute approximate surface area is 167 Å². The molecule has 0 saturated heterocycles. The molecule has 0 aliphatic rings. The molecule has 0 aliphatic carbocycles. The minimum Gasteiger partial charge on any atom is -0.507 e. The van der Waals surface area contributed by atoms with E-state index in [1.807, 2.05) is 0 Å². The zero-order chi connectivity index (χ0) is 21.1. The summed E-state index contributed by atoms with van der Waals surface area (Å²) in [5.41, 5.74) is 2.67. The van der Waals surface area contributed by atoms with E-state index in [0.29, 0.717) is 18.1 Å². The van der Waals surface area contributed by atoms with Crippen molar-refractivity contribution in [2.24, 2.45) is 0 Å². The van der Waals surface area contributed by atoms with Crippen LogP contribution in [-0.4, -0.2) is 16.6 Å². The molecule has 28 heavy (non-hydrogen) atoms. The summed E-state index contributed by atoms with van der Waals surface area (Å²) < 4.78 is 5.65. The molecular weight excluding hydrogens is 354 g/mol. The van der Waals surface area contributed by atoms with Crippen molar-refractivity contribution in [2.45, 2.75) is 65.2 Å². The molecule has 0 aromatic heterocycles. The predicted octanol–water partition coefficient (Wildman–Crippen LogP) is 5.91. The van der Waals surface area contributed by atoms with Crippen molar-refractivity contribution < 1.29 is 14.8 Å². The van der Waals surface area contributed by atoms with Crippen LogP contribution in [-0.2, 0) is 17.3 Å². The largest absolute Gasteiger partial charge is 0.507 e. The number of aryl methyl sites for hydroxylation is 1. The molecule has 152 valence electrons. The second-order valence-corrected chi connectivity index (χ2v) is 9.22. The van der Waals surface area contributed by atoms with Gasteiger partial charge in [0, 0.05) is 6.07 Å². The van der Waals surface area contributed by atoms with Crippen LogP contribution in [0.1, 0.15) is 64.7 Å². The Hall–Kier alpha value is -2.56. The third-order valence-electron chi connectivity index (χ3n) is 4.72. The van der Waals surface area contributed by atoms with Crippen molar-refractivity contribution in [1.82, 2.24) is 0 Å². The van der Waals surface area contributed by atoms with E-state index < -0.39 is 4.92 Å². The lowest BCUT2D eigenvalue weighted by Crippen LogP contribution is -2.18. The highest BCUT2D eigenvalue weighted by atomic mass is 16.6. The van der Waals surface area contributed by atoms with Crippen LogP contribution in [0.5, 0.6) is 11.5 Å². The number of rotatable bonds is 6. The smallest absolute Gasteiger partial charge is 0.310 e. The average molecular weight is 386 g/mol. The second kappa shape index (κ2) is 8.21. The maximum absolute atomic E-state index is 11.1. The Morgan fingerprint density at radius 3 is 2.04 bits per heavy atom. The Bertz CT molecular complexity index is 809.